The predicted molar refractivity (Wildman–Crippen MR) is 100 cm³/mol. The van der Waals surface area contributed by atoms with Gasteiger partial charge in [0.25, 0.3) is 0 Å². The molecular formula is C21H24N2O4. The summed E-state index contributed by atoms with van der Waals surface area (Å²) in [6, 6.07) is 5.58. The maximum absolute atomic E-state index is 13.0. The fraction of sp³-hybridized carbons (Fsp3) is 0.429. The number of phenols is 1. The summed E-state index contributed by atoms with van der Waals surface area (Å²) in [5.41, 5.74) is 3.24. The third-order valence-electron chi connectivity index (χ3n) is 5.20. The van der Waals surface area contributed by atoms with Crippen LogP contribution in [0.3, 0.4) is 0 Å². The first-order valence-corrected chi connectivity index (χ1v) is 8.81. The van der Waals surface area contributed by atoms with Crippen molar-refractivity contribution < 1.29 is 19.4 Å². The summed E-state index contributed by atoms with van der Waals surface area (Å²) in [7, 11) is 2.90. The number of ether oxygens (including phenoxy) is 2. The number of nitrogens with one attached hydrogen (secondary N) is 1. The molecule has 0 bridgehead atoms. The molecule has 1 aliphatic carbocycles. The minimum absolute atomic E-state index is 0.0324. The number of hydrogen-bond acceptors (Lipinski definition) is 6. The van der Waals surface area contributed by atoms with Crippen molar-refractivity contribution in [1.82, 2.24) is 5.32 Å². The van der Waals surface area contributed by atoms with Crippen molar-refractivity contribution in [2.24, 2.45) is 5.41 Å². The first-order valence-electron chi connectivity index (χ1n) is 8.81. The maximum Gasteiger partial charge on any atom is 0.200 e. The molecule has 0 unspecified atom stereocenters. The second-order valence-electron chi connectivity index (χ2n) is 7.82. The summed E-state index contributed by atoms with van der Waals surface area (Å²) in [6.07, 6.45) is 1.15. The Kier molecular flexibility index (Phi) is 4.64. The normalized spacial score (nSPS) is 21.3. The molecule has 2 aliphatic rings. The second kappa shape index (κ2) is 6.66. The van der Waals surface area contributed by atoms with Gasteiger partial charge in [0, 0.05) is 23.4 Å². The summed E-state index contributed by atoms with van der Waals surface area (Å²) in [5.74, 6) is -0.113. The summed E-state index contributed by atoms with van der Waals surface area (Å²) in [6.45, 7) is 5.98. The van der Waals surface area contributed by atoms with Crippen LogP contribution in [-0.4, -0.2) is 25.1 Å². The second-order valence-corrected chi connectivity index (χ2v) is 7.82. The predicted octanol–water partition coefficient (Wildman–Crippen LogP) is 3.54. The SMILES string of the molecule is COc1cc([C@H]2C(C#N)=C(C)NC3=C2C(=O)CC(C)(C)C3)cc(OC)c1O. The Morgan fingerprint density at radius 3 is 2.33 bits per heavy atom. The highest BCUT2D eigenvalue weighted by Crippen LogP contribution is 2.48. The molecule has 142 valence electrons. The van der Waals surface area contributed by atoms with Crippen LogP contribution in [0.1, 0.15) is 45.1 Å². The maximum atomic E-state index is 13.0. The molecule has 0 amide bonds. The monoisotopic (exact) mass is 368 g/mol. The number of methoxy groups -OCH3 is 2. The average Bonchev–Trinajstić information content (AvgIpc) is 2.59. The van der Waals surface area contributed by atoms with Crippen LogP contribution in [-0.2, 0) is 4.79 Å². The molecule has 2 N–H and O–H groups in total. The molecular weight excluding hydrogens is 344 g/mol. The standard InChI is InChI=1S/C21H24N2O4/c1-11-13(10-22)18(12-6-16(26-4)20(25)17(7-12)27-5)19-14(23-11)8-21(2,3)9-15(19)24/h6-7,18,23,25H,8-9H2,1-5H3/t18-/m0/s1. The van der Waals surface area contributed by atoms with Crippen LogP contribution in [0.4, 0.5) is 0 Å². The molecule has 0 radical (unpaired) electrons. The molecule has 0 saturated heterocycles. The van der Waals surface area contributed by atoms with Crippen LogP contribution in [0.2, 0.25) is 0 Å². The van der Waals surface area contributed by atoms with Gasteiger partial charge in [-0.25, -0.2) is 0 Å². The Hall–Kier alpha value is -2.94. The highest BCUT2D eigenvalue weighted by Gasteiger charge is 2.41. The first-order chi connectivity index (χ1) is 12.7. The number of nitriles is 1. The van der Waals surface area contributed by atoms with Crippen molar-refractivity contribution in [3.05, 3.63) is 40.2 Å². The molecule has 0 spiro atoms. The Balaban J connectivity index is 2.25. The largest absolute Gasteiger partial charge is 0.502 e. The Morgan fingerprint density at radius 2 is 1.81 bits per heavy atom. The van der Waals surface area contributed by atoms with Crippen LogP contribution in [0.25, 0.3) is 0 Å². The molecule has 6 nitrogen and oxygen atoms in total. The van der Waals surface area contributed by atoms with Crippen LogP contribution >= 0.6 is 0 Å². The summed E-state index contributed by atoms with van der Waals surface area (Å²) in [4.78, 5) is 13.0. The molecule has 1 aromatic carbocycles. The zero-order valence-corrected chi connectivity index (χ0v) is 16.3. The van der Waals surface area contributed by atoms with E-state index in [1.54, 1.807) is 12.1 Å². The molecule has 6 heteroatoms. The van der Waals surface area contributed by atoms with Crippen molar-refractivity contribution in [3.63, 3.8) is 0 Å². The topological polar surface area (TPSA) is 91.6 Å². The van der Waals surface area contributed by atoms with Gasteiger partial charge in [-0.1, -0.05) is 13.8 Å². The number of Topliss-reactive ketones (excluding diaryl/α,β-unsaturated/α-hetero) is 1. The number of benzene rings is 1. The number of ketones is 1. The number of dihydropyridines is 1. The van der Waals surface area contributed by atoms with E-state index in [4.69, 9.17) is 9.47 Å². The average molecular weight is 368 g/mol. The van der Waals surface area contributed by atoms with Crippen molar-refractivity contribution in [3.8, 4) is 23.3 Å². The highest BCUT2D eigenvalue weighted by atomic mass is 16.5. The number of carbonyl (C=O) groups is 1. The number of phenolic OH excluding ortho intramolecular Hbond substituents is 1. The highest BCUT2D eigenvalue weighted by molar-refractivity contribution is 6.00. The van der Waals surface area contributed by atoms with Crippen LogP contribution in [0.5, 0.6) is 17.2 Å². The summed E-state index contributed by atoms with van der Waals surface area (Å²) in [5, 5.41) is 23.3. The van der Waals surface area contributed by atoms with E-state index >= 15 is 0 Å². The zero-order valence-electron chi connectivity index (χ0n) is 16.3. The van der Waals surface area contributed by atoms with E-state index in [-0.39, 0.29) is 28.4 Å². The smallest absolute Gasteiger partial charge is 0.200 e. The number of rotatable bonds is 3. The van der Waals surface area contributed by atoms with E-state index in [1.165, 1.54) is 14.2 Å². The molecule has 0 fully saturated rings. The number of hydrogen-bond donors (Lipinski definition) is 2. The zero-order chi connectivity index (χ0) is 19.9. The minimum atomic E-state index is -0.516. The van der Waals surface area contributed by atoms with Crippen molar-refractivity contribution >= 4 is 5.78 Å². The van der Waals surface area contributed by atoms with Crippen LogP contribution in [0.15, 0.2) is 34.7 Å². The van der Waals surface area contributed by atoms with Gasteiger partial charge in [-0.3, -0.25) is 4.79 Å². The van der Waals surface area contributed by atoms with Gasteiger partial charge in [-0.05, 0) is 36.5 Å². The van der Waals surface area contributed by atoms with Gasteiger partial charge in [-0.15, -0.1) is 0 Å². The van der Waals surface area contributed by atoms with E-state index in [0.717, 1.165) is 17.8 Å². The number of allylic oxidation sites excluding steroid dienone is 4. The summed E-state index contributed by atoms with van der Waals surface area (Å²) >= 11 is 0. The molecule has 1 aromatic rings. The van der Waals surface area contributed by atoms with E-state index in [1.807, 2.05) is 6.92 Å². The number of carbonyl (C=O) groups excluding carboxylic acids is 1. The molecule has 1 atom stereocenters. The van der Waals surface area contributed by atoms with Gasteiger partial charge in [0.2, 0.25) is 5.75 Å². The lowest BCUT2D eigenvalue weighted by Crippen LogP contribution is -2.36. The fourth-order valence-corrected chi connectivity index (χ4v) is 4.00. The quantitative estimate of drug-likeness (QED) is 0.848. The molecule has 1 heterocycles. The Bertz CT molecular complexity index is 894. The lowest BCUT2D eigenvalue weighted by atomic mass is 9.69. The lowest BCUT2D eigenvalue weighted by molar-refractivity contribution is -0.118. The van der Waals surface area contributed by atoms with Gasteiger partial charge in [0.15, 0.2) is 17.3 Å². The summed E-state index contributed by atoms with van der Waals surface area (Å²) < 4.78 is 10.5. The van der Waals surface area contributed by atoms with Crippen molar-refractivity contribution in [2.75, 3.05) is 14.2 Å². The van der Waals surface area contributed by atoms with Gasteiger partial charge in [0.05, 0.1) is 31.8 Å². The number of nitrogens with zero attached hydrogens (tertiary/aromatic N) is 1. The molecule has 27 heavy (non-hydrogen) atoms. The molecule has 0 aromatic heterocycles. The molecule has 1 aliphatic heterocycles. The fourth-order valence-electron chi connectivity index (χ4n) is 4.00. The Labute approximate surface area is 159 Å². The molecule has 0 saturated carbocycles. The van der Waals surface area contributed by atoms with Gasteiger partial charge >= 0.3 is 0 Å². The third-order valence-corrected chi connectivity index (χ3v) is 5.20. The molecule has 3 rings (SSSR count). The van der Waals surface area contributed by atoms with Crippen molar-refractivity contribution in [1.29, 1.82) is 5.26 Å². The van der Waals surface area contributed by atoms with E-state index in [2.05, 4.69) is 25.2 Å². The van der Waals surface area contributed by atoms with Crippen LogP contribution in [0, 0.1) is 16.7 Å². The van der Waals surface area contributed by atoms with Crippen molar-refractivity contribution in [2.45, 2.75) is 39.5 Å². The van der Waals surface area contributed by atoms with E-state index in [9.17, 15) is 15.2 Å². The first kappa shape index (κ1) is 18.8. The van der Waals surface area contributed by atoms with Gasteiger partial charge in [0.1, 0.15) is 0 Å². The third kappa shape index (κ3) is 3.14. The Morgan fingerprint density at radius 1 is 1.22 bits per heavy atom. The minimum Gasteiger partial charge on any atom is -0.502 e. The van der Waals surface area contributed by atoms with E-state index < -0.39 is 5.92 Å². The lowest BCUT2D eigenvalue weighted by Gasteiger charge is -2.38. The van der Waals surface area contributed by atoms with Gasteiger partial charge < -0.3 is 19.9 Å². The number of aromatic hydroxyl groups is 1. The van der Waals surface area contributed by atoms with Gasteiger partial charge in [-0.2, -0.15) is 5.26 Å². The van der Waals surface area contributed by atoms with Crippen LogP contribution < -0.4 is 14.8 Å². The van der Waals surface area contributed by atoms with E-state index in [0.29, 0.717) is 23.1 Å².